The van der Waals surface area contributed by atoms with Crippen LogP contribution in [0.2, 0.25) is 0 Å². The van der Waals surface area contributed by atoms with Gasteiger partial charge in [-0.15, -0.1) is 0 Å². The highest BCUT2D eigenvalue weighted by molar-refractivity contribution is 6.18. The third kappa shape index (κ3) is 4.67. The maximum atomic E-state index is 13.2. The molecule has 1 aliphatic heterocycles. The SMILES string of the molecule is CCc1cccc(NC(=O)CN2C(=O)CC(c3cccc(OC)c3)=Nc3cccnc32)c1. The molecule has 2 heterocycles. The molecule has 0 radical (unpaired) electrons. The van der Waals surface area contributed by atoms with Crippen LogP contribution in [-0.2, 0) is 16.0 Å². The summed E-state index contributed by atoms with van der Waals surface area (Å²) in [4.78, 5) is 36.4. The zero-order valence-corrected chi connectivity index (χ0v) is 18.0. The van der Waals surface area contributed by atoms with Crippen LogP contribution in [-0.4, -0.2) is 36.2 Å². The van der Waals surface area contributed by atoms with Gasteiger partial charge in [-0.1, -0.05) is 31.2 Å². The maximum absolute atomic E-state index is 13.2. The van der Waals surface area contributed by atoms with Gasteiger partial charge in [0.05, 0.1) is 19.2 Å². The molecule has 7 nitrogen and oxygen atoms in total. The molecule has 3 aromatic rings. The molecular formula is C25H24N4O3. The molecular weight excluding hydrogens is 404 g/mol. The molecule has 7 heteroatoms. The number of hydrogen-bond acceptors (Lipinski definition) is 5. The molecule has 1 aliphatic rings. The van der Waals surface area contributed by atoms with Gasteiger partial charge in [0.25, 0.3) is 0 Å². The molecule has 0 atom stereocenters. The molecule has 1 N–H and O–H groups in total. The van der Waals surface area contributed by atoms with E-state index in [-0.39, 0.29) is 24.8 Å². The van der Waals surface area contributed by atoms with Gasteiger partial charge in [-0.05, 0) is 48.4 Å². The Hall–Kier alpha value is -4.00. The highest BCUT2D eigenvalue weighted by Gasteiger charge is 2.28. The Kier molecular flexibility index (Phi) is 6.26. The predicted molar refractivity (Wildman–Crippen MR) is 125 cm³/mol. The Bertz CT molecular complexity index is 1190. The number of anilines is 2. The monoisotopic (exact) mass is 428 g/mol. The number of carbonyl (C=O) groups is 2. The van der Waals surface area contributed by atoms with Crippen LogP contribution in [0.1, 0.15) is 24.5 Å². The fraction of sp³-hybridized carbons (Fsp3) is 0.200. The molecule has 0 saturated carbocycles. The standard InChI is InChI=1S/C25H24N4O3/c1-3-17-7-4-9-19(13-17)27-23(30)16-29-24(31)15-22(18-8-5-10-20(14-18)32-2)28-21-11-6-12-26-25(21)29/h4-14H,3,15-16H2,1-2H3,(H,27,30). The number of aliphatic imine (C=N–C) groups is 1. The number of methoxy groups -OCH3 is 1. The Balaban J connectivity index is 1.60. The number of benzene rings is 2. The lowest BCUT2D eigenvalue weighted by Crippen LogP contribution is -2.39. The van der Waals surface area contributed by atoms with E-state index in [0.29, 0.717) is 28.7 Å². The quantitative estimate of drug-likeness (QED) is 0.639. The predicted octanol–water partition coefficient (Wildman–Crippen LogP) is 4.15. The van der Waals surface area contributed by atoms with E-state index in [1.54, 1.807) is 25.4 Å². The van der Waals surface area contributed by atoms with Gasteiger partial charge >= 0.3 is 0 Å². The van der Waals surface area contributed by atoms with E-state index in [0.717, 1.165) is 17.5 Å². The summed E-state index contributed by atoms with van der Waals surface area (Å²) < 4.78 is 5.30. The molecule has 1 aromatic heterocycles. The molecule has 0 unspecified atom stereocenters. The number of aryl methyl sites for hydroxylation is 1. The molecule has 4 rings (SSSR count). The van der Waals surface area contributed by atoms with Gasteiger partial charge in [0.15, 0.2) is 5.82 Å². The number of rotatable bonds is 6. The van der Waals surface area contributed by atoms with Gasteiger partial charge < -0.3 is 10.1 Å². The molecule has 0 fully saturated rings. The van der Waals surface area contributed by atoms with Crippen LogP contribution in [0, 0.1) is 0 Å². The molecule has 2 amide bonds. The van der Waals surface area contributed by atoms with Gasteiger partial charge in [-0.25, -0.2) is 9.98 Å². The lowest BCUT2D eigenvalue weighted by Gasteiger charge is -2.20. The first kappa shape index (κ1) is 21.2. The summed E-state index contributed by atoms with van der Waals surface area (Å²) in [5, 5.41) is 2.88. The smallest absolute Gasteiger partial charge is 0.244 e. The van der Waals surface area contributed by atoms with Gasteiger partial charge in [0, 0.05) is 17.4 Å². The first-order valence-electron chi connectivity index (χ1n) is 10.4. The number of hydrogen-bond donors (Lipinski definition) is 1. The third-order valence-corrected chi connectivity index (χ3v) is 5.22. The number of nitrogens with zero attached hydrogens (tertiary/aromatic N) is 3. The summed E-state index contributed by atoms with van der Waals surface area (Å²) in [5.74, 6) is 0.501. The minimum atomic E-state index is -0.298. The second kappa shape index (κ2) is 9.43. The van der Waals surface area contributed by atoms with Crippen LogP contribution in [0.5, 0.6) is 5.75 Å². The number of amides is 2. The van der Waals surface area contributed by atoms with Crippen LogP contribution in [0.15, 0.2) is 71.9 Å². The van der Waals surface area contributed by atoms with Crippen molar-refractivity contribution in [3.63, 3.8) is 0 Å². The van der Waals surface area contributed by atoms with Crippen molar-refractivity contribution in [1.82, 2.24) is 4.98 Å². The average molecular weight is 428 g/mol. The fourth-order valence-corrected chi connectivity index (χ4v) is 3.57. The summed E-state index contributed by atoms with van der Waals surface area (Å²) in [5.41, 5.74) is 3.75. The highest BCUT2D eigenvalue weighted by atomic mass is 16.5. The first-order chi connectivity index (χ1) is 15.6. The first-order valence-corrected chi connectivity index (χ1v) is 10.4. The Morgan fingerprint density at radius 3 is 2.78 bits per heavy atom. The van der Waals surface area contributed by atoms with E-state index in [1.165, 1.54) is 4.90 Å². The van der Waals surface area contributed by atoms with E-state index in [4.69, 9.17) is 9.73 Å². The molecule has 0 bridgehead atoms. The van der Waals surface area contributed by atoms with Crippen molar-refractivity contribution >= 4 is 34.7 Å². The summed E-state index contributed by atoms with van der Waals surface area (Å²) in [6.45, 7) is 1.90. The normalized spacial score (nSPS) is 13.1. The van der Waals surface area contributed by atoms with Crippen molar-refractivity contribution in [2.45, 2.75) is 19.8 Å². The minimum Gasteiger partial charge on any atom is -0.497 e. The van der Waals surface area contributed by atoms with Crippen molar-refractivity contribution in [3.05, 3.63) is 78.0 Å². The van der Waals surface area contributed by atoms with E-state index < -0.39 is 0 Å². The number of aromatic nitrogens is 1. The fourth-order valence-electron chi connectivity index (χ4n) is 3.57. The second-order valence-electron chi connectivity index (χ2n) is 7.40. The maximum Gasteiger partial charge on any atom is 0.244 e. The second-order valence-corrected chi connectivity index (χ2v) is 7.40. The van der Waals surface area contributed by atoms with E-state index in [1.807, 2.05) is 48.5 Å². The van der Waals surface area contributed by atoms with Crippen LogP contribution < -0.4 is 15.0 Å². The van der Waals surface area contributed by atoms with Gasteiger partial charge in [0.2, 0.25) is 11.8 Å². The van der Waals surface area contributed by atoms with Crippen molar-refractivity contribution in [2.75, 3.05) is 23.9 Å². The van der Waals surface area contributed by atoms with Crippen LogP contribution >= 0.6 is 0 Å². The largest absolute Gasteiger partial charge is 0.497 e. The summed E-state index contributed by atoms with van der Waals surface area (Å²) >= 11 is 0. The van der Waals surface area contributed by atoms with Gasteiger partial charge in [-0.3, -0.25) is 14.5 Å². The van der Waals surface area contributed by atoms with E-state index >= 15 is 0 Å². The molecule has 32 heavy (non-hydrogen) atoms. The summed E-state index contributed by atoms with van der Waals surface area (Å²) in [6.07, 6.45) is 2.51. The van der Waals surface area contributed by atoms with Crippen LogP contribution in [0.25, 0.3) is 0 Å². The topological polar surface area (TPSA) is 83.9 Å². The number of ether oxygens (including phenoxy) is 1. The lowest BCUT2D eigenvalue weighted by atomic mass is 10.1. The lowest BCUT2D eigenvalue weighted by molar-refractivity contribution is -0.120. The number of fused-ring (bicyclic) bond motifs is 1. The highest BCUT2D eigenvalue weighted by Crippen LogP contribution is 2.31. The average Bonchev–Trinajstić information content (AvgIpc) is 2.95. The number of carbonyl (C=O) groups excluding carboxylic acids is 2. The minimum absolute atomic E-state index is 0.0438. The summed E-state index contributed by atoms with van der Waals surface area (Å²) in [6, 6.07) is 18.6. The Labute approximate surface area is 186 Å². The van der Waals surface area contributed by atoms with Crippen molar-refractivity contribution in [3.8, 4) is 5.75 Å². The van der Waals surface area contributed by atoms with E-state index in [9.17, 15) is 9.59 Å². The zero-order chi connectivity index (χ0) is 22.5. The van der Waals surface area contributed by atoms with Crippen molar-refractivity contribution in [1.29, 1.82) is 0 Å². The van der Waals surface area contributed by atoms with Gasteiger partial charge in [-0.2, -0.15) is 0 Å². The summed E-state index contributed by atoms with van der Waals surface area (Å²) in [7, 11) is 1.59. The van der Waals surface area contributed by atoms with Crippen molar-refractivity contribution < 1.29 is 14.3 Å². The number of nitrogens with one attached hydrogen (secondary N) is 1. The molecule has 0 spiro atoms. The van der Waals surface area contributed by atoms with E-state index in [2.05, 4.69) is 17.2 Å². The zero-order valence-electron chi connectivity index (χ0n) is 18.0. The molecule has 0 aliphatic carbocycles. The third-order valence-electron chi connectivity index (χ3n) is 5.22. The molecule has 2 aromatic carbocycles. The number of pyridine rings is 1. The van der Waals surface area contributed by atoms with Crippen molar-refractivity contribution in [2.24, 2.45) is 4.99 Å². The van der Waals surface area contributed by atoms with Crippen LogP contribution in [0.4, 0.5) is 17.2 Å². The Morgan fingerprint density at radius 2 is 1.97 bits per heavy atom. The van der Waals surface area contributed by atoms with Gasteiger partial charge in [0.1, 0.15) is 18.0 Å². The van der Waals surface area contributed by atoms with Crippen LogP contribution in [0.3, 0.4) is 0 Å². The molecule has 162 valence electrons. The molecule has 0 saturated heterocycles. The Morgan fingerprint density at radius 1 is 1.12 bits per heavy atom.